The van der Waals surface area contributed by atoms with Crippen LogP contribution in [-0.4, -0.2) is 40.3 Å². The molecule has 112 valence electrons. The van der Waals surface area contributed by atoms with Gasteiger partial charge in [-0.3, -0.25) is 4.98 Å². The second-order valence-electron chi connectivity index (χ2n) is 4.74. The number of nitrogens with zero attached hydrogens (tertiary/aromatic N) is 4. The number of hydrogen-bond donors (Lipinski definition) is 2. The number of hydrogen-bond acceptors (Lipinski definition) is 7. The third kappa shape index (κ3) is 2.66. The van der Waals surface area contributed by atoms with Gasteiger partial charge in [-0.05, 0) is 34.2 Å². The molecule has 0 bridgehead atoms. The molecule has 0 unspecified atom stereocenters. The second kappa shape index (κ2) is 5.19. The predicted molar refractivity (Wildman–Crippen MR) is 80.4 cm³/mol. The summed E-state index contributed by atoms with van der Waals surface area (Å²) in [7, 11) is -3.34. The summed E-state index contributed by atoms with van der Waals surface area (Å²) >= 11 is 0. The van der Waals surface area contributed by atoms with Crippen molar-refractivity contribution in [1.82, 2.24) is 25.6 Å². The van der Waals surface area contributed by atoms with Crippen LogP contribution in [0, 0.1) is 0 Å². The van der Waals surface area contributed by atoms with E-state index < -0.39 is 9.84 Å². The van der Waals surface area contributed by atoms with Crippen molar-refractivity contribution in [3.05, 3.63) is 36.7 Å². The highest BCUT2D eigenvalue weighted by atomic mass is 32.2. The number of sulfone groups is 1. The maximum Gasteiger partial charge on any atom is 0.180 e. The minimum atomic E-state index is -3.34. The van der Waals surface area contributed by atoms with Crippen molar-refractivity contribution in [1.29, 1.82) is 0 Å². The Morgan fingerprint density at radius 2 is 1.95 bits per heavy atom. The van der Waals surface area contributed by atoms with Gasteiger partial charge in [-0.15, -0.1) is 5.10 Å². The summed E-state index contributed by atoms with van der Waals surface area (Å²) in [5, 5.41) is 13.6. The first-order valence-electron chi connectivity index (χ1n) is 6.24. The fourth-order valence-electron chi connectivity index (χ4n) is 2.05. The van der Waals surface area contributed by atoms with E-state index in [9.17, 15) is 8.42 Å². The molecule has 0 aliphatic heterocycles. The SMILES string of the molecule is CS(=O)(=O)c1cncc(-c2ccc(N)cc2-c2nnn[nH]2)c1. The Hall–Kier alpha value is -2.81. The highest BCUT2D eigenvalue weighted by molar-refractivity contribution is 7.90. The van der Waals surface area contributed by atoms with Crippen LogP contribution >= 0.6 is 0 Å². The molecule has 22 heavy (non-hydrogen) atoms. The van der Waals surface area contributed by atoms with Crippen LogP contribution in [0.5, 0.6) is 0 Å². The number of nitrogens with two attached hydrogens (primary N) is 1. The van der Waals surface area contributed by atoms with Gasteiger partial charge in [-0.2, -0.15) is 0 Å². The van der Waals surface area contributed by atoms with Crippen molar-refractivity contribution in [2.75, 3.05) is 12.0 Å². The molecule has 3 aromatic rings. The van der Waals surface area contributed by atoms with Crippen molar-refractivity contribution in [2.24, 2.45) is 0 Å². The lowest BCUT2D eigenvalue weighted by Gasteiger charge is -2.09. The van der Waals surface area contributed by atoms with Crippen molar-refractivity contribution in [2.45, 2.75) is 4.90 Å². The Balaban J connectivity index is 2.21. The molecule has 0 radical (unpaired) electrons. The molecule has 0 spiro atoms. The van der Waals surface area contributed by atoms with Gasteiger partial charge < -0.3 is 5.73 Å². The largest absolute Gasteiger partial charge is 0.399 e. The number of H-pyrrole nitrogens is 1. The Labute approximate surface area is 126 Å². The monoisotopic (exact) mass is 316 g/mol. The summed E-state index contributed by atoms with van der Waals surface area (Å²) in [6.07, 6.45) is 4.03. The Bertz CT molecular complexity index is 921. The number of anilines is 1. The molecular weight excluding hydrogens is 304 g/mol. The maximum atomic E-state index is 11.7. The molecule has 0 atom stereocenters. The van der Waals surface area contributed by atoms with E-state index in [0.29, 0.717) is 22.6 Å². The van der Waals surface area contributed by atoms with Crippen LogP contribution < -0.4 is 5.73 Å². The molecule has 0 aliphatic rings. The summed E-state index contributed by atoms with van der Waals surface area (Å²) < 4.78 is 23.4. The number of aromatic nitrogens is 5. The molecule has 0 aliphatic carbocycles. The zero-order valence-corrected chi connectivity index (χ0v) is 12.4. The summed E-state index contributed by atoms with van der Waals surface area (Å²) in [6.45, 7) is 0. The number of rotatable bonds is 3. The third-order valence-corrected chi connectivity index (χ3v) is 4.18. The first-order chi connectivity index (χ1) is 10.4. The molecule has 0 saturated heterocycles. The number of nitrogens with one attached hydrogen (secondary N) is 1. The Morgan fingerprint density at radius 1 is 1.14 bits per heavy atom. The predicted octanol–water partition coefficient (Wildman–Crippen LogP) is 0.914. The smallest absolute Gasteiger partial charge is 0.180 e. The van der Waals surface area contributed by atoms with Crippen molar-refractivity contribution in [3.63, 3.8) is 0 Å². The van der Waals surface area contributed by atoms with Gasteiger partial charge in [0.2, 0.25) is 0 Å². The highest BCUT2D eigenvalue weighted by Gasteiger charge is 2.14. The fourth-order valence-corrected chi connectivity index (χ4v) is 2.65. The molecule has 0 amide bonds. The third-order valence-electron chi connectivity index (χ3n) is 3.10. The van der Waals surface area contributed by atoms with Gasteiger partial charge in [-0.1, -0.05) is 6.07 Å². The van der Waals surface area contributed by atoms with Crippen LogP contribution in [0.1, 0.15) is 0 Å². The average Bonchev–Trinajstić information content (AvgIpc) is 3.00. The van der Waals surface area contributed by atoms with E-state index in [-0.39, 0.29) is 4.90 Å². The summed E-state index contributed by atoms with van der Waals surface area (Å²) in [5.41, 5.74) is 8.39. The van der Waals surface area contributed by atoms with Gasteiger partial charge in [0.25, 0.3) is 0 Å². The molecule has 0 fully saturated rings. The van der Waals surface area contributed by atoms with Gasteiger partial charge in [0.1, 0.15) is 0 Å². The van der Waals surface area contributed by atoms with Crippen molar-refractivity contribution in [3.8, 4) is 22.5 Å². The van der Waals surface area contributed by atoms with Gasteiger partial charge in [0.05, 0.1) is 4.90 Å². The molecule has 1 aromatic carbocycles. The number of nitrogen functional groups attached to an aromatic ring is 1. The molecule has 2 heterocycles. The Kier molecular flexibility index (Phi) is 3.33. The van der Waals surface area contributed by atoms with E-state index in [1.54, 1.807) is 30.5 Å². The quantitative estimate of drug-likeness (QED) is 0.687. The van der Waals surface area contributed by atoms with Crippen molar-refractivity contribution >= 4 is 15.5 Å². The molecule has 3 rings (SSSR count). The summed E-state index contributed by atoms with van der Waals surface area (Å²) in [5.74, 6) is 0.437. The number of benzene rings is 1. The van der Waals surface area contributed by atoms with Crippen LogP contribution in [0.3, 0.4) is 0 Å². The van der Waals surface area contributed by atoms with Crippen LogP contribution in [0.25, 0.3) is 22.5 Å². The maximum absolute atomic E-state index is 11.7. The summed E-state index contributed by atoms with van der Waals surface area (Å²) in [4.78, 5) is 4.14. The molecule has 9 heteroatoms. The lowest BCUT2D eigenvalue weighted by atomic mass is 10.00. The van der Waals surface area contributed by atoms with E-state index in [0.717, 1.165) is 11.8 Å². The van der Waals surface area contributed by atoms with Gasteiger partial charge in [0.15, 0.2) is 15.7 Å². The van der Waals surface area contributed by atoms with Crippen LogP contribution in [0.4, 0.5) is 5.69 Å². The lowest BCUT2D eigenvalue weighted by molar-refractivity contribution is 0.601. The number of tetrazole rings is 1. The van der Waals surface area contributed by atoms with Gasteiger partial charge in [-0.25, -0.2) is 13.5 Å². The van der Waals surface area contributed by atoms with E-state index in [1.807, 2.05) is 0 Å². The number of aromatic amines is 1. The topological polar surface area (TPSA) is 128 Å². The highest BCUT2D eigenvalue weighted by Crippen LogP contribution is 2.32. The first kappa shape index (κ1) is 14.1. The van der Waals surface area contributed by atoms with E-state index in [1.165, 1.54) is 6.20 Å². The fraction of sp³-hybridized carbons (Fsp3) is 0.0769. The van der Waals surface area contributed by atoms with E-state index in [4.69, 9.17) is 5.73 Å². The van der Waals surface area contributed by atoms with Gasteiger partial charge in [0, 0.05) is 35.5 Å². The van der Waals surface area contributed by atoms with Crippen LogP contribution in [0.2, 0.25) is 0 Å². The first-order valence-corrected chi connectivity index (χ1v) is 8.13. The van der Waals surface area contributed by atoms with Crippen LogP contribution in [0.15, 0.2) is 41.6 Å². The van der Waals surface area contributed by atoms with Crippen LogP contribution in [-0.2, 0) is 9.84 Å². The van der Waals surface area contributed by atoms with Crippen molar-refractivity contribution < 1.29 is 8.42 Å². The zero-order valence-electron chi connectivity index (χ0n) is 11.6. The molecule has 3 N–H and O–H groups in total. The zero-order chi connectivity index (χ0) is 15.7. The van der Waals surface area contributed by atoms with E-state index >= 15 is 0 Å². The Morgan fingerprint density at radius 3 is 2.64 bits per heavy atom. The molecule has 8 nitrogen and oxygen atoms in total. The molecule has 2 aromatic heterocycles. The normalized spacial score (nSPS) is 11.5. The standard InChI is InChI=1S/C13H12N6O2S/c1-22(20,21)10-4-8(6-15-7-10)11-3-2-9(14)5-12(11)13-16-18-19-17-13/h2-7H,14H2,1H3,(H,16,17,18,19). The van der Waals surface area contributed by atoms with E-state index in [2.05, 4.69) is 25.6 Å². The second-order valence-corrected chi connectivity index (χ2v) is 6.75. The minimum Gasteiger partial charge on any atom is -0.399 e. The van der Waals surface area contributed by atoms with Gasteiger partial charge >= 0.3 is 0 Å². The average molecular weight is 316 g/mol. The minimum absolute atomic E-state index is 0.142. The molecule has 0 saturated carbocycles. The lowest BCUT2D eigenvalue weighted by Crippen LogP contribution is -1.99. The number of pyridine rings is 1. The molecular formula is C13H12N6O2S. The summed E-state index contributed by atoms with van der Waals surface area (Å²) in [6, 6.07) is 6.76.